The van der Waals surface area contributed by atoms with E-state index in [1.165, 1.54) is 11.1 Å². The van der Waals surface area contributed by atoms with Crippen LogP contribution in [-0.2, 0) is 15.0 Å². The number of H-pyrrole nitrogens is 2. The number of fused-ring (bicyclic) bond motifs is 1. The molecule has 6 rings (SSSR count). The first kappa shape index (κ1) is 30.1. The molecule has 1 fully saturated rings. The van der Waals surface area contributed by atoms with E-state index < -0.39 is 11.8 Å². The van der Waals surface area contributed by atoms with Crippen LogP contribution in [-0.4, -0.2) is 52.9 Å². The Morgan fingerprint density at radius 2 is 1.47 bits per heavy atom. The number of nitrogens with zero attached hydrogens (tertiary/aromatic N) is 1. The number of piperidine rings is 1. The minimum Gasteiger partial charge on any atom is -0.366 e. The van der Waals surface area contributed by atoms with Crippen molar-refractivity contribution in [3.8, 4) is 0 Å². The number of imidazole rings is 1. The molecule has 6 N–H and O–H groups in total. The van der Waals surface area contributed by atoms with Crippen molar-refractivity contribution in [2.75, 3.05) is 26.2 Å². The smallest absolute Gasteiger partial charge is 0.323 e. The molecule has 0 radical (unpaired) electrons. The number of nitrogens with one attached hydrogen (secondary N) is 4. The number of likely N-dealkylation sites (tertiary alicyclic amines) is 1. The van der Waals surface area contributed by atoms with Gasteiger partial charge in [-0.25, -0.2) is 4.79 Å². The number of nitrogens with two attached hydrogens (primary N) is 1. The maximum atomic E-state index is 13.7. The van der Waals surface area contributed by atoms with Gasteiger partial charge in [-0.3, -0.25) is 9.59 Å². The number of amides is 2. The highest BCUT2D eigenvalue weighted by Crippen LogP contribution is 2.42. The highest BCUT2D eigenvalue weighted by molar-refractivity contribution is 6.03. The van der Waals surface area contributed by atoms with Gasteiger partial charge in [0.2, 0.25) is 11.8 Å². The lowest BCUT2D eigenvalue weighted by Crippen LogP contribution is -2.44. The Bertz CT molecular complexity index is 1790. The maximum Gasteiger partial charge on any atom is 0.323 e. The second-order valence-corrected chi connectivity index (χ2v) is 12.1. The molecule has 45 heavy (non-hydrogen) atoms. The van der Waals surface area contributed by atoms with Gasteiger partial charge in [0.15, 0.2) is 0 Å². The van der Waals surface area contributed by atoms with Crippen molar-refractivity contribution in [2.45, 2.75) is 44.4 Å². The largest absolute Gasteiger partial charge is 0.366 e. The number of benzene rings is 3. The summed E-state index contributed by atoms with van der Waals surface area (Å²) in [4.78, 5) is 46.2. The highest BCUT2D eigenvalue weighted by atomic mass is 16.2. The van der Waals surface area contributed by atoms with Gasteiger partial charge in [-0.1, -0.05) is 66.7 Å². The van der Waals surface area contributed by atoms with E-state index in [1.807, 2.05) is 13.0 Å². The number of dihydropyridines is 1. The molecule has 1 aromatic heterocycles. The minimum atomic E-state index is -0.669. The first-order chi connectivity index (χ1) is 21.8. The standard InChI is InChI=1S/C36H40N6O3/c1-23-30(33(37)43)32(25-14-15-28-29(22-25)41-35(45)40-28)31(24(2)39-23)34(44)38-18-9-19-42-20-16-36(17-21-42,26-10-5-3-6-11-26)27-12-7-4-8-13-27/h3-8,10-15,22,32,39H,9,16-21H2,1-2H3,(H2,37,43)(H,38,44)(H2,40,41,45). The molecule has 1 saturated heterocycles. The van der Waals surface area contributed by atoms with Crippen LogP contribution in [0.3, 0.4) is 0 Å². The van der Waals surface area contributed by atoms with E-state index >= 15 is 0 Å². The summed E-state index contributed by atoms with van der Waals surface area (Å²) in [6, 6.07) is 27.0. The molecule has 0 bridgehead atoms. The fraction of sp³-hybridized carbons (Fsp3) is 0.306. The number of carbonyl (C=O) groups excluding carboxylic acids is 2. The van der Waals surface area contributed by atoms with E-state index in [9.17, 15) is 14.4 Å². The first-order valence-corrected chi connectivity index (χ1v) is 15.6. The van der Waals surface area contributed by atoms with Crippen LogP contribution in [0, 0.1) is 0 Å². The number of rotatable bonds is 9. The molecule has 2 aliphatic rings. The molecule has 0 aliphatic carbocycles. The predicted molar refractivity (Wildman–Crippen MR) is 176 cm³/mol. The second-order valence-electron chi connectivity index (χ2n) is 12.1. The van der Waals surface area contributed by atoms with Crippen molar-refractivity contribution < 1.29 is 9.59 Å². The summed E-state index contributed by atoms with van der Waals surface area (Å²) >= 11 is 0. The fourth-order valence-corrected chi connectivity index (χ4v) is 7.20. The van der Waals surface area contributed by atoms with Crippen molar-refractivity contribution >= 4 is 22.8 Å². The van der Waals surface area contributed by atoms with Crippen LogP contribution < -0.4 is 22.1 Å². The Balaban J connectivity index is 1.12. The van der Waals surface area contributed by atoms with Gasteiger partial charge < -0.3 is 31.2 Å². The summed E-state index contributed by atoms with van der Waals surface area (Å²) < 4.78 is 0. The van der Waals surface area contributed by atoms with E-state index in [-0.39, 0.29) is 17.0 Å². The summed E-state index contributed by atoms with van der Waals surface area (Å²) in [6.07, 6.45) is 2.87. The van der Waals surface area contributed by atoms with Crippen molar-refractivity contribution in [1.82, 2.24) is 25.5 Å². The van der Waals surface area contributed by atoms with Crippen LogP contribution in [0.25, 0.3) is 11.0 Å². The van der Waals surface area contributed by atoms with E-state index in [0.717, 1.165) is 38.9 Å². The zero-order valence-electron chi connectivity index (χ0n) is 25.8. The lowest BCUT2D eigenvalue weighted by Gasteiger charge is -2.43. The van der Waals surface area contributed by atoms with Gasteiger partial charge in [0.05, 0.1) is 11.0 Å². The quantitative estimate of drug-likeness (QED) is 0.183. The minimum absolute atomic E-state index is 0.000439. The molecule has 2 amide bonds. The van der Waals surface area contributed by atoms with Crippen LogP contribution in [0.1, 0.15) is 55.7 Å². The number of aromatic nitrogens is 2. The molecule has 232 valence electrons. The number of carbonyl (C=O) groups is 2. The number of primary amides is 1. The van der Waals surface area contributed by atoms with E-state index in [4.69, 9.17) is 5.73 Å². The Kier molecular flexibility index (Phi) is 8.45. The molecule has 4 aromatic rings. The van der Waals surface area contributed by atoms with E-state index in [2.05, 4.69) is 86.2 Å². The van der Waals surface area contributed by atoms with Gasteiger partial charge in [-0.2, -0.15) is 0 Å². The van der Waals surface area contributed by atoms with Gasteiger partial charge >= 0.3 is 5.69 Å². The topological polar surface area (TPSA) is 136 Å². The zero-order chi connectivity index (χ0) is 31.6. The number of allylic oxidation sites excluding steroid dienone is 2. The average molecular weight is 605 g/mol. The molecule has 1 unspecified atom stereocenters. The summed E-state index contributed by atoms with van der Waals surface area (Å²) in [5.74, 6) is -1.51. The lowest BCUT2D eigenvalue weighted by atomic mass is 9.68. The summed E-state index contributed by atoms with van der Waals surface area (Å²) in [6.45, 7) is 6.94. The number of hydrogen-bond acceptors (Lipinski definition) is 5. The van der Waals surface area contributed by atoms with Gasteiger partial charge in [-0.15, -0.1) is 0 Å². The van der Waals surface area contributed by atoms with Gasteiger partial charge in [0, 0.05) is 40.4 Å². The summed E-state index contributed by atoms with van der Waals surface area (Å²) in [5, 5.41) is 6.29. The fourth-order valence-electron chi connectivity index (χ4n) is 7.20. The summed E-state index contributed by atoms with van der Waals surface area (Å²) in [7, 11) is 0. The van der Waals surface area contributed by atoms with Crippen molar-refractivity contribution in [3.63, 3.8) is 0 Å². The van der Waals surface area contributed by atoms with E-state index in [0.29, 0.717) is 45.7 Å². The molecule has 0 spiro atoms. The normalized spacial score (nSPS) is 18.6. The maximum absolute atomic E-state index is 13.7. The lowest BCUT2D eigenvalue weighted by molar-refractivity contribution is -0.117. The first-order valence-electron chi connectivity index (χ1n) is 15.6. The van der Waals surface area contributed by atoms with Crippen molar-refractivity contribution in [2.24, 2.45) is 5.73 Å². The van der Waals surface area contributed by atoms with Crippen LogP contribution in [0.4, 0.5) is 0 Å². The average Bonchev–Trinajstić information content (AvgIpc) is 3.43. The molecular weight excluding hydrogens is 564 g/mol. The van der Waals surface area contributed by atoms with Crippen LogP contribution in [0.5, 0.6) is 0 Å². The highest BCUT2D eigenvalue weighted by Gasteiger charge is 2.38. The molecule has 3 heterocycles. The molecule has 9 nitrogen and oxygen atoms in total. The molecular formula is C36H40N6O3. The number of aromatic amines is 2. The number of hydrogen-bond donors (Lipinski definition) is 5. The Morgan fingerprint density at radius 1 is 0.867 bits per heavy atom. The Morgan fingerprint density at radius 3 is 2.09 bits per heavy atom. The van der Waals surface area contributed by atoms with Crippen LogP contribution >= 0.6 is 0 Å². The van der Waals surface area contributed by atoms with Crippen LogP contribution in [0.2, 0.25) is 0 Å². The molecule has 2 aliphatic heterocycles. The van der Waals surface area contributed by atoms with Crippen molar-refractivity contribution in [1.29, 1.82) is 0 Å². The molecule has 1 atom stereocenters. The van der Waals surface area contributed by atoms with Crippen LogP contribution in [0.15, 0.2) is 106 Å². The predicted octanol–water partition coefficient (Wildman–Crippen LogP) is 4.16. The monoisotopic (exact) mass is 604 g/mol. The zero-order valence-corrected chi connectivity index (χ0v) is 25.8. The van der Waals surface area contributed by atoms with Gasteiger partial charge in [0.25, 0.3) is 0 Å². The molecule has 0 saturated carbocycles. The van der Waals surface area contributed by atoms with E-state index in [1.54, 1.807) is 19.1 Å². The molecule has 9 heteroatoms. The third-order valence-electron chi connectivity index (χ3n) is 9.44. The van der Waals surface area contributed by atoms with Gasteiger partial charge in [0.1, 0.15) is 0 Å². The Hall–Kier alpha value is -4.89. The van der Waals surface area contributed by atoms with Crippen molar-refractivity contribution in [3.05, 3.63) is 129 Å². The second kappa shape index (κ2) is 12.6. The summed E-state index contributed by atoms with van der Waals surface area (Å²) in [5.41, 5.74) is 12.2. The Labute approximate surface area is 262 Å². The molecule has 3 aromatic carbocycles. The third kappa shape index (κ3) is 5.95. The van der Waals surface area contributed by atoms with Gasteiger partial charge in [-0.05, 0) is 81.6 Å². The third-order valence-corrected chi connectivity index (χ3v) is 9.44. The SMILES string of the molecule is CC1=C(C(N)=O)C(c2ccc3[nH]c(=O)[nH]c3c2)C(C(=O)NCCCN2CCC(c3ccccc3)(c3ccccc3)CC2)=C(C)N1.